The standard InChI is InChI=1S/C22H30N4O2S/c1-16(11-20-7-4-10-29-20)13-24-22(23-2)25-14-17-5-3-6-19(12-17)28-15-21(27)26-18-8-9-18/h3-7,10,12,16,18H,8-9,11,13-15H2,1-2H3,(H,26,27)(H2,23,24,25). The van der Waals surface area contributed by atoms with E-state index in [0.29, 0.717) is 24.3 Å². The lowest BCUT2D eigenvalue weighted by Crippen LogP contribution is -2.39. The Labute approximate surface area is 176 Å². The number of ether oxygens (including phenoxy) is 1. The Bertz CT molecular complexity index is 803. The van der Waals surface area contributed by atoms with Crippen LogP contribution in [0.5, 0.6) is 5.75 Å². The average molecular weight is 415 g/mol. The van der Waals surface area contributed by atoms with Crippen LogP contribution in [0, 0.1) is 5.92 Å². The SMILES string of the molecule is CN=C(NCc1cccc(OCC(=O)NC2CC2)c1)NCC(C)Cc1cccs1. The Morgan fingerprint density at radius 3 is 2.86 bits per heavy atom. The van der Waals surface area contributed by atoms with E-state index in [-0.39, 0.29) is 12.5 Å². The summed E-state index contributed by atoms with van der Waals surface area (Å²) in [6, 6.07) is 12.4. The molecule has 0 saturated heterocycles. The van der Waals surface area contributed by atoms with E-state index in [4.69, 9.17) is 4.74 Å². The fourth-order valence-corrected chi connectivity index (χ4v) is 3.78. The number of amides is 1. The van der Waals surface area contributed by atoms with Crippen molar-refractivity contribution in [1.82, 2.24) is 16.0 Å². The minimum atomic E-state index is -0.0581. The largest absolute Gasteiger partial charge is 0.484 e. The van der Waals surface area contributed by atoms with Gasteiger partial charge in [0.05, 0.1) is 0 Å². The summed E-state index contributed by atoms with van der Waals surface area (Å²) in [7, 11) is 1.78. The van der Waals surface area contributed by atoms with E-state index in [9.17, 15) is 4.79 Å². The second-order valence-corrected chi connectivity index (χ2v) is 8.51. The molecule has 0 aliphatic heterocycles. The first-order valence-electron chi connectivity index (χ1n) is 10.1. The number of carbonyl (C=O) groups is 1. The van der Waals surface area contributed by atoms with E-state index < -0.39 is 0 Å². The van der Waals surface area contributed by atoms with Crippen molar-refractivity contribution in [3.63, 3.8) is 0 Å². The van der Waals surface area contributed by atoms with Crippen LogP contribution in [0.4, 0.5) is 0 Å². The number of hydrogen-bond acceptors (Lipinski definition) is 4. The Kier molecular flexibility index (Phi) is 7.93. The predicted octanol–water partition coefficient (Wildman–Crippen LogP) is 2.95. The molecule has 156 valence electrons. The van der Waals surface area contributed by atoms with Crippen LogP contribution in [-0.2, 0) is 17.8 Å². The summed E-state index contributed by atoms with van der Waals surface area (Å²) < 4.78 is 5.61. The first-order chi connectivity index (χ1) is 14.1. The summed E-state index contributed by atoms with van der Waals surface area (Å²) in [6.07, 6.45) is 3.22. The number of carbonyl (C=O) groups excluding carboxylic acids is 1. The highest BCUT2D eigenvalue weighted by Crippen LogP contribution is 2.18. The molecule has 1 aromatic carbocycles. The van der Waals surface area contributed by atoms with Crippen LogP contribution < -0.4 is 20.7 Å². The lowest BCUT2D eigenvalue weighted by Gasteiger charge is -2.16. The fraction of sp³-hybridized carbons (Fsp3) is 0.455. The van der Waals surface area contributed by atoms with E-state index in [1.165, 1.54) is 4.88 Å². The highest BCUT2D eigenvalue weighted by molar-refractivity contribution is 7.09. The maximum absolute atomic E-state index is 11.8. The number of benzene rings is 1. The monoisotopic (exact) mass is 414 g/mol. The van der Waals surface area contributed by atoms with Gasteiger partial charge < -0.3 is 20.7 Å². The number of nitrogens with zero attached hydrogens (tertiary/aromatic N) is 1. The first kappa shape index (κ1) is 21.2. The molecule has 0 spiro atoms. The summed E-state index contributed by atoms with van der Waals surface area (Å²) in [5.74, 6) is 1.93. The first-order valence-corrected chi connectivity index (χ1v) is 11.0. The molecule has 1 aliphatic rings. The zero-order valence-corrected chi connectivity index (χ0v) is 17.9. The highest BCUT2D eigenvalue weighted by atomic mass is 32.1. The van der Waals surface area contributed by atoms with E-state index in [1.54, 1.807) is 18.4 Å². The van der Waals surface area contributed by atoms with E-state index in [0.717, 1.165) is 37.3 Å². The summed E-state index contributed by atoms with van der Waals surface area (Å²) in [5, 5.41) is 11.8. The van der Waals surface area contributed by atoms with Crippen LogP contribution in [0.3, 0.4) is 0 Å². The van der Waals surface area contributed by atoms with Gasteiger partial charge in [0, 0.05) is 31.1 Å². The van der Waals surface area contributed by atoms with Crippen molar-refractivity contribution in [3.8, 4) is 5.75 Å². The van der Waals surface area contributed by atoms with Crippen LogP contribution in [0.1, 0.15) is 30.2 Å². The molecule has 1 aliphatic carbocycles. The van der Waals surface area contributed by atoms with Gasteiger partial charge in [-0.05, 0) is 54.3 Å². The van der Waals surface area contributed by atoms with Crippen molar-refractivity contribution in [2.24, 2.45) is 10.9 Å². The highest BCUT2D eigenvalue weighted by Gasteiger charge is 2.23. The van der Waals surface area contributed by atoms with Crippen LogP contribution in [0.15, 0.2) is 46.8 Å². The number of rotatable bonds is 10. The van der Waals surface area contributed by atoms with Gasteiger partial charge in [-0.2, -0.15) is 0 Å². The minimum absolute atomic E-state index is 0.0543. The number of hydrogen-bond donors (Lipinski definition) is 3. The second kappa shape index (κ2) is 10.9. The smallest absolute Gasteiger partial charge is 0.258 e. The van der Waals surface area contributed by atoms with Crippen LogP contribution in [0.25, 0.3) is 0 Å². The molecule has 1 heterocycles. The molecule has 29 heavy (non-hydrogen) atoms. The van der Waals surface area contributed by atoms with Crippen LogP contribution >= 0.6 is 11.3 Å². The molecule has 1 atom stereocenters. The molecule has 3 N–H and O–H groups in total. The molecular formula is C22H30N4O2S. The van der Waals surface area contributed by atoms with Crippen molar-refractivity contribution in [2.45, 2.75) is 38.8 Å². The predicted molar refractivity (Wildman–Crippen MR) is 118 cm³/mol. The summed E-state index contributed by atoms with van der Waals surface area (Å²) in [5.41, 5.74) is 1.07. The Hall–Kier alpha value is -2.54. The summed E-state index contributed by atoms with van der Waals surface area (Å²) in [6.45, 7) is 3.78. The van der Waals surface area contributed by atoms with Crippen molar-refractivity contribution in [2.75, 3.05) is 20.2 Å². The quantitative estimate of drug-likeness (QED) is 0.413. The molecule has 1 unspecified atom stereocenters. The Morgan fingerprint density at radius 2 is 2.14 bits per heavy atom. The zero-order chi connectivity index (χ0) is 20.5. The number of aliphatic imine (C=N–C) groups is 1. The van der Waals surface area contributed by atoms with E-state index >= 15 is 0 Å². The van der Waals surface area contributed by atoms with E-state index in [1.807, 2.05) is 24.3 Å². The van der Waals surface area contributed by atoms with E-state index in [2.05, 4.69) is 45.4 Å². The Balaban J connectivity index is 1.39. The number of guanidine groups is 1. The van der Waals surface area contributed by atoms with Gasteiger partial charge in [-0.3, -0.25) is 9.79 Å². The molecule has 0 bridgehead atoms. The molecule has 1 saturated carbocycles. The molecular weight excluding hydrogens is 384 g/mol. The molecule has 1 fully saturated rings. The van der Waals surface area contributed by atoms with Crippen molar-refractivity contribution in [1.29, 1.82) is 0 Å². The molecule has 6 nitrogen and oxygen atoms in total. The summed E-state index contributed by atoms with van der Waals surface area (Å²) >= 11 is 1.80. The van der Waals surface area contributed by atoms with Gasteiger partial charge in [-0.15, -0.1) is 11.3 Å². The molecule has 1 amide bonds. The average Bonchev–Trinajstić information content (AvgIpc) is 3.39. The van der Waals surface area contributed by atoms with Crippen LogP contribution in [0.2, 0.25) is 0 Å². The second-order valence-electron chi connectivity index (χ2n) is 7.47. The van der Waals surface area contributed by atoms with Gasteiger partial charge in [0.25, 0.3) is 5.91 Å². The summed E-state index contributed by atoms with van der Waals surface area (Å²) in [4.78, 5) is 17.5. The van der Waals surface area contributed by atoms with Crippen LogP contribution in [-0.4, -0.2) is 38.1 Å². The number of nitrogens with one attached hydrogen (secondary N) is 3. The lowest BCUT2D eigenvalue weighted by molar-refractivity contribution is -0.123. The van der Waals surface area contributed by atoms with Gasteiger partial charge >= 0.3 is 0 Å². The Morgan fingerprint density at radius 1 is 1.28 bits per heavy atom. The molecule has 2 aromatic rings. The number of thiophene rings is 1. The molecule has 3 rings (SSSR count). The maximum Gasteiger partial charge on any atom is 0.258 e. The third-order valence-electron chi connectivity index (χ3n) is 4.64. The molecule has 0 radical (unpaired) electrons. The molecule has 7 heteroatoms. The van der Waals surface area contributed by atoms with Gasteiger partial charge in [0.1, 0.15) is 5.75 Å². The van der Waals surface area contributed by atoms with Gasteiger partial charge in [0.15, 0.2) is 12.6 Å². The van der Waals surface area contributed by atoms with Gasteiger partial charge in [-0.25, -0.2) is 0 Å². The van der Waals surface area contributed by atoms with Gasteiger partial charge in [-0.1, -0.05) is 25.1 Å². The third kappa shape index (κ3) is 7.77. The maximum atomic E-state index is 11.8. The normalized spacial score (nSPS) is 14.9. The third-order valence-corrected chi connectivity index (χ3v) is 5.54. The fourth-order valence-electron chi connectivity index (χ4n) is 2.91. The lowest BCUT2D eigenvalue weighted by atomic mass is 10.1. The zero-order valence-electron chi connectivity index (χ0n) is 17.1. The van der Waals surface area contributed by atoms with Gasteiger partial charge in [0.2, 0.25) is 0 Å². The topological polar surface area (TPSA) is 74.8 Å². The minimum Gasteiger partial charge on any atom is -0.484 e. The molecule has 1 aromatic heterocycles. The van der Waals surface area contributed by atoms with Crippen molar-refractivity contribution >= 4 is 23.2 Å². The van der Waals surface area contributed by atoms with Crippen molar-refractivity contribution < 1.29 is 9.53 Å². The van der Waals surface area contributed by atoms with Crippen molar-refractivity contribution in [3.05, 3.63) is 52.2 Å².